The molecule has 0 aromatic carbocycles. The third-order valence-electron chi connectivity index (χ3n) is 5.90. The van der Waals surface area contributed by atoms with Crippen molar-refractivity contribution in [3.05, 3.63) is 17.6 Å². The van der Waals surface area contributed by atoms with Crippen molar-refractivity contribution in [2.75, 3.05) is 38.1 Å². The average Bonchev–Trinajstić information content (AvgIpc) is 3.13. The Balaban J connectivity index is 1.42. The number of hydrogen-bond donors (Lipinski definition) is 1. The Morgan fingerprint density at radius 3 is 2.40 bits per heavy atom. The zero-order valence-electron chi connectivity index (χ0n) is 14.9. The first-order valence-electron chi connectivity index (χ1n) is 8.78. The van der Waals surface area contributed by atoms with Gasteiger partial charge in [0.25, 0.3) is 0 Å². The van der Waals surface area contributed by atoms with Crippen LogP contribution >= 0.6 is 0 Å². The van der Waals surface area contributed by atoms with Gasteiger partial charge in [0.2, 0.25) is 5.91 Å². The number of carbonyl (C=O) groups is 2. The van der Waals surface area contributed by atoms with Gasteiger partial charge in [0.15, 0.2) is 0 Å². The highest BCUT2D eigenvalue weighted by atomic mass is 16.2. The van der Waals surface area contributed by atoms with Gasteiger partial charge >= 0.3 is 6.03 Å². The summed E-state index contributed by atoms with van der Waals surface area (Å²) in [6, 6.07) is -0.299. The Labute approximate surface area is 147 Å². The van der Waals surface area contributed by atoms with Gasteiger partial charge in [-0.15, -0.1) is 0 Å². The van der Waals surface area contributed by atoms with Gasteiger partial charge in [0.05, 0.1) is 12.6 Å². The molecule has 8 nitrogen and oxygen atoms in total. The standard InChI is InChI=1S/C17H24N6O2/c1-10-11(2)18-9-19-16(10)23-7-12-5-22(6-13(12)8-23)14-4-15(24)21(3)17(25)20-14/h9,12-14H,4-8H2,1-3H3,(H,20,25). The van der Waals surface area contributed by atoms with Gasteiger partial charge in [0, 0.05) is 44.5 Å². The highest BCUT2D eigenvalue weighted by Gasteiger charge is 2.44. The number of urea groups is 1. The van der Waals surface area contributed by atoms with Crippen LogP contribution in [-0.4, -0.2) is 71.1 Å². The molecule has 0 bridgehead atoms. The van der Waals surface area contributed by atoms with Crippen molar-refractivity contribution < 1.29 is 9.59 Å². The summed E-state index contributed by atoms with van der Waals surface area (Å²) in [6.45, 7) is 7.84. The SMILES string of the molecule is Cc1ncnc(N2CC3CN(C4CC(=O)N(C)C(=O)N4)CC3C2)c1C. The van der Waals surface area contributed by atoms with E-state index in [1.165, 1.54) is 7.05 Å². The predicted octanol–water partition coefficient (Wildman–Crippen LogP) is 0.359. The Morgan fingerprint density at radius 1 is 1.08 bits per heavy atom. The van der Waals surface area contributed by atoms with Crippen molar-refractivity contribution in [2.45, 2.75) is 26.4 Å². The molecule has 1 N–H and O–H groups in total. The number of rotatable bonds is 2. The minimum Gasteiger partial charge on any atom is -0.356 e. The van der Waals surface area contributed by atoms with E-state index in [2.05, 4.69) is 32.0 Å². The van der Waals surface area contributed by atoms with Gasteiger partial charge in [-0.3, -0.25) is 14.6 Å². The molecular formula is C17H24N6O2. The van der Waals surface area contributed by atoms with Crippen molar-refractivity contribution in [1.29, 1.82) is 0 Å². The molecule has 0 aliphatic carbocycles. The van der Waals surface area contributed by atoms with Crippen LogP contribution in [0.5, 0.6) is 0 Å². The molecule has 3 unspecified atom stereocenters. The molecule has 8 heteroatoms. The fourth-order valence-electron chi connectivity index (χ4n) is 4.23. The van der Waals surface area contributed by atoms with Crippen LogP contribution in [0.25, 0.3) is 0 Å². The summed E-state index contributed by atoms with van der Waals surface area (Å²) in [4.78, 5) is 38.3. The van der Waals surface area contributed by atoms with E-state index in [-0.39, 0.29) is 18.1 Å². The number of aryl methyl sites for hydroxylation is 1. The summed E-state index contributed by atoms with van der Waals surface area (Å²) < 4.78 is 0. The molecule has 3 aliphatic heterocycles. The van der Waals surface area contributed by atoms with Gasteiger partial charge in [-0.2, -0.15) is 0 Å². The molecule has 0 saturated carbocycles. The lowest BCUT2D eigenvalue weighted by molar-refractivity contribution is -0.130. The summed E-state index contributed by atoms with van der Waals surface area (Å²) in [7, 11) is 1.52. The number of amides is 3. The molecule has 3 atom stereocenters. The van der Waals surface area contributed by atoms with Crippen molar-refractivity contribution in [3.63, 3.8) is 0 Å². The van der Waals surface area contributed by atoms with Crippen molar-refractivity contribution in [3.8, 4) is 0 Å². The molecule has 0 spiro atoms. The van der Waals surface area contributed by atoms with Crippen LogP contribution in [-0.2, 0) is 4.79 Å². The van der Waals surface area contributed by atoms with Crippen LogP contribution < -0.4 is 10.2 Å². The van der Waals surface area contributed by atoms with Crippen molar-refractivity contribution in [2.24, 2.45) is 11.8 Å². The van der Waals surface area contributed by atoms with E-state index < -0.39 is 0 Å². The number of carbonyl (C=O) groups excluding carboxylic acids is 2. The number of imide groups is 1. The lowest BCUT2D eigenvalue weighted by Gasteiger charge is -2.35. The number of hydrogen-bond acceptors (Lipinski definition) is 6. The maximum atomic E-state index is 11.9. The third kappa shape index (κ3) is 2.74. The van der Waals surface area contributed by atoms with E-state index in [9.17, 15) is 9.59 Å². The van der Waals surface area contributed by atoms with Gasteiger partial charge < -0.3 is 10.2 Å². The van der Waals surface area contributed by atoms with Gasteiger partial charge in [-0.25, -0.2) is 14.8 Å². The van der Waals surface area contributed by atoms with Crippen LogP contribution in [0.1, 0.15) is 17.7 Å². The minimum absolute atomic E-state index is 0.112. The lowest BCUT2D eigenvalue weighted by atomic mass is 10.0. The third-order valence-corrected chi connectivity index (χ3v) is 5.90. The largest absolute Gasteiger partial charge is 0.356 e. The number of aromatic nitrogens is 2. The Morgan fingerprint density at radius 2 is 1.76 bits per heavy atom. The molecule has 0 radical (unpaired) electrons. The smallest absolute Gasteiger partial charge is 0.325 e. The lowest BCUT2D eigenvalue weighted by Crippen LogP contribution is -2.59. The van der Waals surface area contributed by atoms with Crippen molar-refractivity contribution >= 4 is 17.8 Å². The minimum atomic E-state index is -0.299. The van der Waals surface area contributed by atoms with E-state index in [1.54, 1.807) is 6.33 Å². The first-order valence-corrected chi connectivity index (χ1v) is 8.78. The van der Waals surface area contributed by atoms with Crippen LogP contribution in [0.2, 0.25) is 0 Å². The summed E-state index contributed by atoms with van der Waals surface area (Å²) in [5.74, 6) is 2.01. The molecule has 134 valence electrons. The van der Waals surface area contributed by atoms with Crippen molar-refractivity contribution in [1.82, 2.24) is 25.1 Å². The maximum absolute atomic E-state index is 11.9. The zero-order chi connectivity index (χ0) is 17.7. The second kappa shape index (κ2) is 5.94. The molecule has 3 aliphatic rings. The second-order valence-corrected chi connectivity index (χ2v) is 7.41. The summed E-state index contributed by atoms with van der Waals surface area (Å²) in [5.41, 5.74) is 2.17. The fourth-order valence-corrected chi connectivity index (χ4v) is 4.23. The highest BCUT2D eigenvalue weighted by Crippen LogP contribution is 2.35. The van der Waals surface area contributed by atoms with Crippen LogP contribution in [0.3, 0.4) is 0 Å². The Kier molecular flexibility index (Phi) is 3.87. The second-order valence-electron chi connectivity index (χ2n) is 7.41. The summed E-state index contributed by atoms with van der Waals surface area (Å²) in [5, 5.41) is 2.95. The molecule has 25 heavy (non-hydrogen) atoms. The molecule has 3 fully saturated rings. The predicted molar refractivity (Wildman–Crippen MR) is 92.0 cm³/mol. The number of fused-ring (bicyclic) bond motifs is 1. The number of nitrogens with one attached hydrogen (secondary N) is 1. The Bertz CT molecular complexity index is 691. The summed E-state index contributed by atoms with van der Waals surface area (Å²) in [6.07, 6.45) is 1.83. The average molecular weight is 344 g/mol. The van der Waals surface area contributed by atoms with E-state index >= 15 is 0 Å². The fraction of sp³-hybridized carbons (Fsp3) is 0.647. The molecular weight excluding hydrogens is 320 g/mol. The topological polar surface area (TPSA) is 81.7 Å². The molecule has 1 aromatic rings. The number of nitrogens with zero attached hydrogens (tertiary/aromatic N) is 5. The number of anilines is 1. The highest BCUT2D eigenvalue weighted by molar-refractivity contribution is 5.96. The molecule has 4 heterocycles. The van der Waals surface area contributed by atoms with E-state index in [0.29, 0.717) is 18.3 Å². The van der Waals surface area contributed by atoms with Crippen LogP contribution in [0, 0.1) is 25.7 Å². The quantitative estimate of drug-likeness (QED) is 0.834. The molecule has 3 amide bonds. The summed E-state index contributed by atoms with van der Waals surface area (Å²) >= 11 is 0. The van der Waals surface area contributed by atoms with Gasteiger partial charge in [-0.1, -0.05) is 0 Å². The maximum Gasteiger partial charge on any atom is 0.325 e. The van der Waals surface area contributed by atoms with Crippen LogP contribution in [0.4, 0.5) is 10.6 Å². The van der Waals surface area contributed by atoms with Gasteiger partial charge in [-0.05, 0) is 25.7 Å². The van der Waals surface area contributed by atoms with E-state index in [1.807, 2.05) is 6.92 Å². The zero-order valence-corrected chi connectivity index (χ0v) is 14.9. The van der Waals surface area contributed by atoms with Gasteiger partial charge in [0.1, 0.15) is 12.1 Å². The molecule has 4 rings (SSSR count). The van der Waals surface area contributed by atoms with Crippen LogP contribution in [0.15, 0.2) is 6.33 Å². The molecule has 3 saturated heterocycles. The van der Waals surface area contributed by atoms with E-state index in [0.717, 1.165) is 48.2 Å². The number of likely N-dealkylation sites (tertiary alicyclic amines) is 1. The van der Waals surface area contributed by atoms with E-state index in [4.69, 9.17) is 0 Å². The normalized spacial score (nSPS) is 30.0. The monoisotopic (exact) mass is 344 g/mol. The first-order chi connectivity index (χ1) is 11.9. The Hall–Kier alpha value is -2.22. The molecule has 1 aromatic heterocycles. The first kappa shape index (κ1) is 16.3.